The Morgan fingerprint density at radius 2 is 1.68 bits per heavy atom. The first-order chi connectivity index (χ1) is 8.95. The molecular formula is C13H18FN3O2. The van der Waals surface area contributed by atoms with Gasteiger partial charge in [-0.2, -0.15) is 0 Å². The lowest BCUT2D eigenvalue weighted by molar-refractivity contribution is -0.139. The molecular weight excluding hydrogens is 249 g/mol. The Kier molecular flexibility index (Phi) is 5.44. The van der Waals surface area contributed by atoms with Crippen molar-refractivity contribution in [2.24, 2.45) is 5.73 Å². The van der Waals surface area contributed by atoms with Crippen LogP contribution in [0.15, 0.2) is 12.1 Å². The van der Waals surface area contributed by atoms with Crippen LogP contribution in [0.5, 0.6) is 0 Å². The monoisotopic (exact) mass is 267 g/mol. The Balaban J connectivity index is 2.57. The average molecular weight is 267 g/mol. The van der Waals surface area contributed by atoms with E-state index in [4.69, 9.17) is 5.73 Å². The highest BCUT2D eigenvalue weighted by Gasteiger charge is 2.12. The molecule has 4 N–H and O–H groups in total. The predicted octanol–water partition coefficient (Wildman–Crippen LogP) is 0.134. The molecule has 0 unspecified atom stereocenters. The van der Waals surface area contributed by atoms with Gasteiger partial charge in [-0.15, -0.1) is 0 Å². The van der Waals surface area contributed by atoms with Gasteiger partial charge in [-0.3, -0.25) is 9.59 Å². The number of rotatable bonds is 4. The number of benzene rings is 1. The number of aryl methyl sites for hydroxylation is 2. The summed E-state index contributed by atoms with van der Waals surface area (Å²) in [7, 11) is 0. The molecule has 0 saturated carbocycles. The lowest BCUT2D eigenvalue weighted by Gasteiger charge is -2.08. The Morgan fingerprint density at radius 3 is 2.21 bits per heavy atom. The fraction of sp³-hybridized carbons (Fsp3) is 0.385. The number of hydrogen-bond donors (Lipinski definition) is 3. The highest BCUT2D eigenvalue weighted by molar-refractivity contribution is 6.35. The second kappa shape index (κ2) is 6.84. The van der Waals surface area contributed by atoms with Crippen LogP contribution in [0.2, 0.25) is 0 Å². The largest absolute Gasteiger partial charge is 0.347 e. The van der Waals surface area contributed by atoms with Crippen LogP contribution in [-0.4, -0.2) is 24.9 Å². The summed E-state index contributed by atoms with van der Waals surface area (Å²) in [4.78, 5) is 22.7. The average Bonchev–Trinajstić information content (AvgIpc) is 2.39. The second-order valence-corrected chi connectivity index (χ2v) is 4.27. The highest BCUT2D eigenvalue weighted by Crippen LogP contribution is 2.14. The van der Waals surface area contributed by atoms with Gasteiger partial charge in [-0.05, 0) is 30.5 Å². The minimum absolute atomic E-state index is 0.177. The van der Waals surface area contributed by atoms with Crippen LogP contribution in [0.1, 0.15) is 16.7 Å². The van der Waals surface area contributed by atoms with Crippen molar-refractivity contribution in [2.45, 2.75) is 20.4 Å². The van der Waals surface area contributed by atoms with Crippen LogP contribution in [0.25, 0.3) is 0 Å². The number of nitrogens with one attached hydrogen (secondary N) is 2. The normalized spacial score (nSPS) is 10.1. The first-order valence-corrected chi connectivity index (χ1v) is 5.97. The third-order valence-electron chi connectivity index (χ3n) is 2.59. The van der Waals surface area contributed by atoms with Crippen molar-refractivity contribution in [1.29, 1.82) is 0 Å². The molecule has 0 radical (unpaired) electrons. The molecule has 0 aliphatic carbocycles. The molecule has 6 heteroatoms. The fourth-order valence-electron chi connectivity index (χ4n) is 1.67. The van der Waals surface area contributed by atoms with E-state index in [2.05, 4.69) is 10.6 Å². The molecule has 0 aromatic heterocycles. The van der Waals surface area contributed by atoms with Gasteiger partial charge in [-0.25, -0.2) is 4.39 Å². The van der Waals surface area contributed by atoms with Crippen molar-refractivity contribution in [3.05, 3.63) is 34.6 Å². The Labute approximate surface area is 111 Å². The van der Waals surface area contributed by atoms with Gasteiger partial charge in [0.15, 0.2) is 0 Å². The zero-order chi connectivity index (χ0) is 14.4. The van der Waals surface area contributed by atoms with Crippen molar-refractivity contribution < 1.29 is 14.0 Å². The van der Waals surface area contributed by atoms with Gasteiger partial charge in [0.05, 0.1) is 0 Å². The van der Waals surface area contributed by atoms with E-state index in [-0.39, 0.29) is 25.5 Å². The molecule has 1 rings (SSSR count). The van der Waals surface area contributed by atoms with Crippen LogP contribution in [0.4, 0.5) is 4.39 Å². The molecule has 0 heterocycles. The molecule has 0 saturated heterocycles. The van der Waals surface area contributed by atoms with E-state index in [1.807, 2.05) is 0 Å². The summed E-state index contributed by atoms with van der Waals surface area (Å²) in [6, 6.07) is 3.28. The minimum atomic E-state index is -0.729. The fourth-order valence-corrected chi connectivity index (χ4v) is 1.67. The summed E-state index contributed by atoms with van der Waals surface area (Å²) in [5, 5.41) is 4.83. The highest BCUT2D eigenvalue weighted by atomic mass is 19.1. The Bertz CT molecular complexity index is 466. The molecule has 2 amide bonds. The number of hydrogen-bond acceptors (Lipinski definition) is 3. The standard InChI is InChI=1S/C13H18FN3O2/c1-8-5-10(6-9(2)11(8)14)7-17-13(19)12(18)16-4-3-15/h5-6H,3-4,7,15H2,1-2H3,(H,16,18)(H,17,19). The first-order valence-electron chi connectivity index (χ1n) is 5.97. The van der Waals surface area contributed by atoms with Gasteiger partial charge in [-0.1, -0.05) is 12.1 Å². The number of carbonyl (C=O) groups is 2. The second-order valence-electron chi connectivity index (χ2n) is 4.27. The molecule has 1 aromatic carbocycles. The van der Waals surface area contributed by atoms with E-state index < -0.39 is 11.8 Å². The third kappa shape index (κ3) is 4.33. The van der Waals surface area contributed by atoms with E-state index in [0.717, 1.165) is 5.56 Å². The first kappa shape index (κ1) is 15.1. The molecule has 0 atom stereocenters. The van der Waals surface area contributed by atoms with Crippen molar-refractivity contribution >= 4 is 11.8 Å². The Hall–Kier alpha value is -1.95. The zero-order valence-corrected chi connectivity index (χ0v) is 11.0. The van der Waals surface area contributed by atoms with E-state index in [9.17, 15) is 14.0 Å². The van der Waals surface area contributed by atoms with E-state index in [0.29, 0.717) is 11.1 Å². The molecule has 19 heavy (non-hydrogen) atoms. The summed E-state index contributed by atoms with van der Waals surface area (Å²) in [6.07, 6.45) is 0. The molecule has 5 nitrogen and oxygen atoms in total. The lowest BCUT2D eigenvalue weighted by Crippen LogP contribution is -2.41. The molecule has 0 spiro atoms. The predicted molar refractivity (Wildman–Crippen MR) is 69.8 cm³/mol. The maximum absolute atomic E-state index is 13.4. The lowest BCUT2D eigenvalue weighted by atomic mass is 10.1. The Morgan fingerprint density at radius 1 is 1.16 bits per heavy atom. The minimum Gasteiger partial charge on any atom is -0.347 e. The van der Waals surface area contributed by atoms with Crippen molar-refractivity contribution in [2.75, 3.05) is 13.1 Å². The summed E-state index contributed by atoms with van der Waals surface area (Å²) in [5.74, 6) is -1.70. The molecule has 104 valence electrons. The van der Waals surface area contributed by atoms with Crippen LogP contribution in [0.3, 0.4) is 0 Å². The maximum atomic E-state index is 13.4. The topological polar surface area (TPSA) is 84.2 Å². The molecule has 0 aliphatic heterocycles. The molecule has 0 fully saturated rings. The molecule has 0 aliphatic rings. The summed E-state index contributed by atoms with van der Waals surface area (Å²) in [5.41, 5.74) is 6.98. The van der Waals surface area contributed by atoms with Gasteiger partial charge in [0.2, 0.25) is 0 Å². The summed E-state index contributed by atoms with van der Waals surface area (Å²) in [6.45, 7) is 4.01. The van der Waals surface area contributed by atoms with Crippen LogP contribution < -0.4 is 16.4 Å². The van der Waals surface area contributed by atoms with Gasteiger partial charge in [0.1, 0.15) is 5.82 Å². The quantitative estimate of drug-likeness (QED) is 0.678. The summed E-state index contributed by atoms with van der Waals surface area (Å²) >= 11 is 0. The van der Waals surface area contributed by atoms with E-state index >= 15 is 0 Å². The number of halogens is 1. The molecule has 1 aromatic rings. The van der Waals surface area contributed by atoms with E-state index in [1.54, 1.807) is 26.0 Å². The van der Waals surface area contributed by atoms with Crippen molar-refractivity contribution in [3.63, 3.8) is 0 Å². The summed E-state index contributed by atoms with van der Waals surface area (Å²) < 4.78 is 13.4. The number of carbonyl (C=O) groups excluding carboxylic acids is 2. The van der Waals surface area contributed by atoms with Crippen LogP contribution >= 0.6 is 0 Å². The van der Waals surface area contributed by atoms with Crippen LogP contribution in [-0.2, 0) is 16.1 Å². The smallest absolute Gasteiger partial charge is 0.309 e. The van der Waals surface area contributed by atoms with Crippen LogP contribution in [0, 0.1) is 19.7 Å². The van der Waals surface area contributed by atoms with Gasteiger partial charge in [0.25, 0.3) is 0 Å². The van der Waals surface area contributed by atoms with Gasteiger partial charge < -0.3 is 16.4 Å². The zero-order valence-electron chi connectivity index (χ0n) is 11.0. The van der Waals surface area contributed by atoms with Crippen molar-refractivity contribution in [1.82, 2.24) is 10.6 Å². The van der Waals surface area contributed by atoms with Gasteiger partial charge >= 0.3 is 11.8 Å². The molecule has 0 bridgehead atoms. The van der Waals surface area contributed by atoms with Crippen molar-refractivity contribution in [3.8, 4) is 0 Å². The third-order valence-corrected chi connectivity index (χ3v) is 2.59. The van der Waals surface area contributed by atoms with E-state index in [1.165, 1.54) is 0 Å². The maximum Gasteiger partial charge on any atom is 0.309 e. The number of nitrogens with two attached hydrogens (primary N) is 1. The SMILES string of the molecule is Cc1cc(CNC(=O)C(=O)NCCN)cc(C)c1F. The number of amides is 2. The van der Waals surface area contributed by atoms with Gasteiger partial charge in [0, 0.05) is 19.6 Å².